The molecule has 2 aliphatic heterocycles. The highest BCUT2D eigenvalue weighted by molar-refractivity contribution is 6.07. The van der Waals surface area contributed by atoms with Gasteiger partial charge in [0.1, 0.15) is 5.54 Å². The van der Waals surface area contributed by atoms with Gasteiger partial charge in [0, 0.05) is 6.54 Å². The second kappa shape index (κ2) is 7.85. The van der Waals surface area contributed by atoms with Crippen molar-refractivity contribution in [1.82, 2.24) is 15.1 Å². The first-order valence-electron chi connectivity index (χ1n) is 9.92. The molecule has 1 aromatic carbocycles. The van der Waals surface area contributed by atoms with Gasteiger partial charge in [-0.1, -0.05) is 48.9 Å². The lowest BCUT2D eigenvalue weighted by Gasteiger charge is -2.40. The molecular weight excluding hydrogens is 338 g/mol. The number of carbonyl (C=O) groups is 2. The summed E-state index contributed by atoms with van der Waals surface area (Å²) in [7, 11) is 0. The predicted molar refractivity (Wildman–Crippen MR) is 107 cm³/mol. The van der Waals surface area contributed by atoms with Gasteiger partial charge >= 0.3 is 6.03 Å². The molecule has 1 aromatic rings. The van der Waals surface area contributed by atoms with Gasteiger partial charge in [-0.25, -0.2) is 4.79 Å². The van der Waals surface area contributed by atoms with E-state index < -0.39 is 5.54 Å². The number of benzene rings is 1. The van der Waals surface area contributed by atoms with Crippen LogP contribution in [0.4, 0.5) is 4.79 Å². The molecule has 2 fully saturated rings. The smallest absolute Gasteiger partial charge is 0.323 e. The molecule has 1 N–H and O–H groups in total. The number of urea groups is 1. The molecule has 0 bridgehead atoms. The standard InChI is InChI=1S/C22H31N3O2/c1-5-22(20(26)25(14-16(2)3)21(27)23-22)19-9-11-24(12-10-19)15-18-8-6-7-17(4)13-18/h6-8,13,19H,2,5,9-12,14-15H2,1,3-4H3,(H,23,27)/t22-/m0/s1. The zero-order valence-electron chi connectivity index (χ0n) is 16.8. The molecule has 0 radical (unpaired) electrons. The Morgan fingerprint density at radius 1 is 1.30 bits per heavy atom. The van der Waals surface area contributed by atoms with Crippen molar-refractivity contribution in [3.8, 4) is 0 Å². The molecule has 0 saturated carbocycles. The summed E-state index contributed by atoms with van der Waals surface area (Å²) in [4.78, 5) is 29.3. The van der Waals surface area contributed by atoms with E-state index in [4.69, 9.17) is 0 Å². The Bertz CT molecular complexity index is 737. The molecule has 0 unspecified atom stereocenters. The number of hydrogen-bond acceptors (Lipinski definition) is 3. The molecule has 2 saturated heterocycles. The summed E-state index contributed by atoms with van der Waals surface area (Å²) in [6.07, 6.45) is 2.48. The summed E-state index contributed by atoms with van der Waals surface area (Å²) in [5.41, 5.74) is 2.68. The number of piperidine rings is 1. The number of hydrogen-bond donors (Lipinski definition) is 1. The van der Waals surface area contributed by atoms with E-state index in [0.717, 1.165) is 38.0 Å². The Morgan fingerprint density at radius 3 is 2.59 bits per heavy atom. The van der Waals surface area contributed by atoms with E-state index in [1.807, 2.05) is 13.8 Å². The molecule has 146 valence electrons. The fraction of sp³-hybridized carbons (Fsp3) is 0.545. The van der Waals surface area contributed by atoms with Crippen LogP contribution in [0.5, 0.6) is 0 Å². The summed E-state index contributed by atoms with van der Waals surface area (Å²) in [5, 5.41) is 3.04. The van der Waals surface area contributed by atoms with Gasteiger partial charge in [-0.15, -0.1) is 0 Å². The summed E-state index contributed by atoms with van der Waals surface area (Å²) in [6.45, 7) is 13.0. The first-order chi connectivity index (χ1) is 12.9. The Kier molecular flexibility index (Phi) is 5.70. The third-order valence-corrected chi connectivity index (χ3v) is 5.96. The lowest BCUT2D eigenvalue weighted by atomic mass is 9.75. The van der Waals surface area contributed by atoms with Crippen molar-refractivity contribution in [2.45, 2.75) is 52.1 Å². The second-order valence-corrected chi connectivity index (χ2v) is 8.14. The zero-order valence-corrected chi connectivity index (χ0v) is 16.8. The third kappa shape index (κ3) is 3.93. The number of imide groups is 1. The van der Waals surface area contributed by atoms with Crippen LogP contribution in [0.15, 0.2) is 36.4 Å². The first kappa shape index (κ1) is 19.6. The zero-order chi connectivity index (χ0) is 19.6. The van der Waals surface area contributed by atoms with Crippen LogP contribution >= 0.6 is 0 Å². The van der Waals surface area contributed by atoms with Gasteiger partial charge < -0.3 is 5.32 Å². The van der Waals surface area contributed by atoms with E-state index >= 15 is 0 Å². The van der Waals surface area contributed by atoms with Crippen LogP contribution in [0.2, 0.25) is 0 Å². The maximum atomic E-state index is 13.1. The fourth-order valence-corrected chi connectivity index (χ4v) is 4.52. The predicted octanol–water partition coefficient (Wildman–Crippen LogP) is 3.48. The summed E-state index contributed by atoms with van der Waals surface area (Å²) in [5.74, 6) is 0.109. The van der Waals surface area contributed by atoms with Gasteiger partial charge in [0.15, 0.2) is 0 Å². The third-order valence-electron chi connectivity index (χ3n) is 5.96. The van der Waals surface area contributed by atoms with Crippen LogP contribution in [-0.4, -0.2) is 46.9 Å². The van der Waals surface area contributed by atoms with E-state index in [2.05, 4.69) is 48.0 Å². The number of carbonyl (C=O) groups excluding carboxylic acids is 2. The van der Waals surface area contributed by atoms with Crippen molar-refractivity contribution < 1.29 is 9.59 Å². The molecule has 0 spiro atoms. The van der Waals surface area contributed by atoms with Crippen LogP contribution in [-0.2, 0) is 11.3 Å². The van der Waals surface area contributed by atoms with Crippen molar-refractivity contribution in [2.24, 2.45) is 5.92 Å². The summed E-state index contributed by atoms with van der Waals surface area (Å²) in [6, 6.07) is 8.35. The molecule has 3 amide bonds. The number of likely N-dealkylation sites (tertiary alicyclic amines) is 1. The quantitative estimate of drug-likeness (QED) is 0.617. The Morgan fingerprint density at radius 2 is 2.00 bits per heavy atom. The highest BCUT2D eigenvalue weighted by Crippen LogP contribution is 2.36. The minimum Gasteiger partial charge on any atom is -0.323 e. The minimum absolute atomic E-state index is 0.0739. The Labute approximate surface area is 162 Å². The minimum atomic E-state index is -0.748. The first-order valence-corrected chi connectivity index (χ1v) is 9.92. The van der Waals surface area contributed by atoms with Crippen molar-refractivity contribution in [2.75, 3.05) is 19.6 Å². The van der Waals surface area contributed by atoms with Crippen molar-refractivity contribution in [3.63, 3.8) is 0 Å². The van der Waals surface area contributed by atoms with Crippen LogP contribution in [0.3, 0.4) is 0 Å². The number of amides is 3. The van der Waals surface area contributed by atoms with Crippen molar-refractivity contribution >= 4 is 11.9 Å². The molecule has 1 atom stereocenters. The topological polar surface area (TPSA) is 52.7 Å². The molecule has 27 heavy (non-hydrogen) atoms. The maximum absolute atomic E-state index is 13.1. The van der Waals surface area contributed by atoms with Crippen LogP contribution in [0.25, 0.3) is 0 Å². The largest absolute Gasteiger partial charge is 0.325 e. The number of nitrogens with one attached hydrogen (secondary N) is 1. The number of rotatable bonds is 6. The van der Waals surface area contributed by atoms with E-state index in [0.29, 0.717) is 13.0 Å². The molecule has 0 aliphatic carbocycles. The second-order valence-electron chi connectivity index (χ2n) is 8.14. The molecule has 2 heterocycles. The summed E-state index contributed by atoms with van der Waals surface area (Å²) < 4.78 is 0. The van der Waals surface area contributed by atoms with Gasteiger partial charge in [0.05, 0.1) is 6.54 Å². The van der Waals surface area contributed by atoms with Crippen LogP contribution in [0, 0.1) is 12.8 Å². The highest BCUT2D eigenvalue weighted by Gasteiger charge is 2.54. The average Bonchev–Trinajstić information content (AvgIpc) is 2.87. The molecule has 3 rings (SSSR count). The van der Waals surface area contributed by atoms with E-state index in [-0.39, 0.29) is 17.9 Å². The average molecular weight is 370 g/mol. The van der Waals surface area contributed by atoms with E-state index in [1.165, 1.54) is 16.0 Å². The maximum Gasteiger partial charge on any atom is 0.325 e. The number of nitrogens with zero attached hydrogens (tertiary/aromatic N) is 2. The van der Waals surface area contributed by atoms with Gasteiger partial charge in [-0.05, 0) is 57.7 Å². The molecular formula is C22H31N3O2. The van der Waals surface area contributed by atoms with E-state index in [1.54, 1.807) is 0 Å². The normalized spacial score (nSPS) is 24.3. The SMILES string of the molecule is C=C(C)CN1C(=O)N[C@@](CC)(C2CCN(Cc3cccc(C)c3)CC2)C1=O. The molecule has 5 nitrogen and oxygen atoms in total. The summed E-state index contributed by atoms with van der Waals surface area (Å²) >= 11 is 0. The molecule has 2 aliphatic rings. The van der Waals surface area contributed by atoms with Crippen molar-refractivity contribution in [1.29, 1.82) is 0 Å². The monoisotopic (exact) mass is 369 g/mol. The lowest BCUT2D eigenvalue weighted by Crippen LogP contribution is -2.55. The molecule has 5 heteroatoms. The molecule has 0 aromatic heterocycles. The van der Waals surface area contributed by atoms with Gasteiger partial charge in [0.25, 0.3) is 5.91 Å². The van der Waals surface area contributed by atoms with Crippen LogP contribution < -0.4 is 5.32 Å². The lowest BCUT2D eigenvalue weighted by molar-refractivity contribution is -0.134. The Balaban J connectivity index is 1.66. The van der Waals surface area contributed by atoms with Gasteiger partial charge in [0.2, 0.25) is 0 Å². The van der Waals surface area contributed by atoms with Crippen molar-refractivity contribution in [3.05, 3.63) is 47.5 Å². The van der Waals surface area contributed by atoms with Gasteiger partial charge in [-0.2, -0.15) is 0 Å². The highest BCUT2D eigenvalue weighted by atomic mass is 16.2. The van der Waals surface area contributed by atoms with Gasteiger partial charge in [-0.3, -0.25) is 14.6 Å². The Hall–Kier alpha value is -2.14. The van der Waals surface area contributed by atoms with Crippen LogP contribution in [0.1, 0.15) is 44.2 Å². The van der Waals surface area contributed by atoms with E-state index in [9.17, 15) is 9.59 Å². The number of aryl methyl sites for hydroxylation is 1. The fourth-order valence-electron chi connectivity index (χ4n) is 4.52.